The minimum absolute atomic E-state index is 0.225. The van der Waals surface area contributed by atoms with Crippen LogP contribution in [0.3, 0.4) is 0 Å². The van der Waals surface area contributed by atoms with Gasteiger partial charge in [0.1, 0.15) is 0 Å². The van der Waals surface area contributed by atoms with Crippen LogP contribution in [-0.4, -0.2) is 5.78 Å². The first kappa shape index (κ1) is 11.4. The first-order valence-corrected chi connectivity index (χ1v) is 5.95. The molecule has 0 amide bonds. The van der Waals surface area contributed by atoms with Gasteiger partial charge in [0.15, 0.2) is 5.78 Å². The Morgan fingerprint density at radius 1 is 1.12 bits per heavy atom. The molecule has 2 rings (SSSR count). The second kappa shape index (κ2) is 3.44. The average molecular weight is 216 g/mol. The van der Waals surface area contributed by atoms with Crippen molar-refractivity contribution in [3.8, 4) is 0 Å². The molecule has 0 saturated heterocycles. The zero-order valence-electron chi connectivity index (χ0n) is 10.8. The van der Waals surface area contributed by atoms with Gasteiger partial charge in [0.2, 0.25) is 0 Å². The van der Waals surface area contributed by atoms with Gasteiger partial charge in [-0.2, -0.15) is 0 Å². The van der Waals surface area contributed by atoms with Crippen LogP contribution < -0.4 is 0 Å². The number of carbonyl (C=O) groups excluding carboxylic acids is 1. The minimum atomic E-state index is 0.225. The van der Waals surface area contributed by atoms with Gasteiger partial charge in [-0.3, -0.25) is 4.79 Å². The molecule has 0 spiro atoms. The summed E-state index contributed by atoms with van der Waals surface area (Å²) in [5.41, 5.74) is 4.76. The van der Waals surface area contributed by atoms with E-state index in [2.05, 4.69) is 39.8 Å². The van der Waals surface area contributed by atoms with Gasteiger partial charge in [-0.1, -0.05) is 19.9 Å². The van der Waals surface area contributed by atoms with Crippen molar-refractivity contribution in [3.05, 3.63) is 34.4 Å². The van der Waals surface area contributed by atoms with Crippen molar-refractivity contribution in [1.29, 1.82) is 0 Å². The third-order valence-electron chi connectivity index (χ3n) is 3.94. The van der Waals surface area contributed by atoms with Crippen molar-refractivity contribution in [2.24, 2.45) is 11.3 Å². The Morgan fingerprint density at radius 2 is 1.62 bits per heavy atom. The molecule has 1 nitrogen and oxygen atoms in total. The molecule has 1 fully saturated rings. The van der Waals surface area contributed by atoms with Crippen molar-refractivity contribution in [2.45, 2.75) is 41.0 Å². The van der Waals surface area contributed by atoms with Crippen LogP contribution in [-0.2, 0) is 0 Å². The molecule has 1 saturated carbocycles. The van der Waals surface area contributed by atoms with E-state index in [1.54, 1.807) is 0 Å². The lowest BCUT2D eigenvalue weighted by Gasteiger charge is -2.09. The van der Waals surface area contributed by atoms with Gasteiger partial charge in [0.05, 0.1) is 0 Å². The van der Waals surface area contributed by atoms with Gasteiger partial charge in [-0.05, 0) is 55.4 Å². The molecule has 0 heterocycles. The number of Topliss-reactive ketones (excluding diaryl/α,β-unsaturated/α-hetero) is 1. The van der Waals surface area contributed by atoms with Crippen LogP contribution in [0.25, 0.3) is 0 Å². The molecule has 0 aromatic heterocycles. The summed E-state index contributed by atoms with van der Waals surface area (Å²) in [7, 11) is 0. The second-order valence-corrected chi connectivity index (χ2v) is 5.86. The van der Waals surface area contributed by atoms with Crippen LogP contribution in [0.4, 0.5) is 0 Å². The maximum Gasteiger partial charge on any atom is 0.166 e. The highest BCUT2D eigenvalue weighted by atomic mass is 16.1. The summed E-state index contributed by atoms with van der Waals surface area (Å²) in [4.78, 5) is 12.3. The number of aryl methyl sites for hydroxylation is 3. The topological polar surface area (TPSA) is 17.1 Å². The van der Waals surface area contributed by atoms with Crippen LogP contribution in [0.15, 0.2) is 12.1 Å². The van der Waals surface area contributed by atoms with Crippen LogP contribution in [0.5, 0.6) is 0 Å². The Morgan fingerprint density at radius 3 is 2.12 bits per heavy atom. The number of benzene rings is 1. The van der Waals surface area contributed by atoms with Crippen molar-refractivity contribution in [1.82, 2.24) is 0 Å². The van der Waals surface area contributed by atoms with E-state index in [0.29, 0.717) is 5.78 Å². The summed E-state index contributed by atoms with van der Waals surface area (Å²) in [5, 5.41) is 0. The maximum absolute atomic E-state index is 12.3. The SMILES string of the molecule is Cc1cc(C)c(C(=O)C2CC2(C)C)cc1C. The zero-order valence-corrected chi connectivity index (χ0v) is 10.8. The molecule has 1 atom stereocenters. The van der Waals surface area contributed by atoms with Crippen molar-refractivity contribution < 1.29 is 4.79 Å². The molecule has 1 aliphatic carbocycles. The van der Waals surface area contributed by atoms with Crippen LogP contribution in [0.2, 0.25) is 0 Å². The van der Waals surface area contributed by atoms with Crippen molar-refractivity contribution in [3.63, 3.8) is 0 Å². The van der Waals surface area contributed by atoms with Crippen LogP contribution in [0.1, 0.15) is 47.3 Å². The predicted octanol–water partition coefficient (Wildman–Crippen LogP) is 3.84. The number of ketones is 1. The minimum Gasteiger partial charge on any atom is -0.294 e. The van der Waals surface area contributed by atoms with Gasteiger partial charge < -0.3 is 0 Å². The summed E-state index contributed by atoms with van der Waals surface area (Å²) < 4.78 is 0. The molecule has 1 aliphatic rings. The predicted molar refractivity (Wildman–Crippen MR) is 66.9 cm³/mol. The zero-order chi connectivity index (χ0) is 12.1. The molecular weight excluding hydrogens is 196 g/mol. The van der Waals surface area contributed by atoms with E-state index < -0.39 is 0 Å². The highest BCUT2D eigenvalue weighted by molar-refractivity contribution is 6.01. The monoisotopic (exact) mass is 216 g/mol. The van der Waals surface area contributed by atoms with Gasteiger partial charge in [0, 0.05) is 11.5 Å². The first-order valence-electron chi connectivity index (χ1n) is 5.95. The number of hydrogen-bond donors (Lipinski definition) is 0. The molecule has 1 aromatic carbocycles. The standard InChI is InChI=1S/C15H20O/c1-9-6-11(3)12(7-10(9)2)14(16)13-8-15(13,4)5/h6-7,13H,8H2,1-5H3. The summed E-state index contributed by atoms with van der Waals surface area (Å²) in [6, 6.07) is 4.18. The lowest BCUT2D eigenvalue weighted by Crippen LogP contribution is -2.09. The van der Waals surface area contributed by atoms with Crippen LogP contribution >= 0.6 is 0 Å². The molecule has 1 aromatic rings. The lowest BCUT2D eigenvalue weighted by atomic mass is 9.94. The smallest absolute Gasteiger partial charge is 0.166 e. The quantitative estimate of drug-likeness (QED) is 0.686. The Kier molecular flexibility index (Phi) is 2.45. The van der Waals surface area contributed by atoms with Crippen molar-refractivity contribution in [2.75, 3.05) is 0 Å². The molecule has 1 heteroatoms. The summed E-state index contributed by atoms with van der Waals surface area (Å²) in [5.74, 6) is 0.582. The fourth-order valence-electron chi connectivity index (χ4n) is 2.33. The maximum atomic E-state index is 12.3. The fraction of sp³-hybridized carbons (Fsp3) is 0.533. The van der Waals surface area contributed by atoms with E-state index in [9.17, 15) is 4.79 Å². The fourth-order valence-corrected chi connectivity index (χ4v) is 2.33. The van der Waals surface area contributed by atoms with Crippen LogP contribution in [0, 0.1) is 32.1 Å². The van der Waals surface area contributed by atoms with E-state index >= 15 is 0 Å². The number of rotatable bonds is 2. The first-order chi connectivity index (χ1) is 7.33. The highest BCUT2D eigenvalue weighted by Gasteiger charge is 2.50. The molecule has 0 radical (unpaired) electrons. The van der Waals surface area contributed by atoms with E-state index in [1.807, 2.05) is 6.92 Å². The third kappa shape index (κ3) is 1.79. The van der Waals surface area contributed by atoms with Gasteiger partial charge in [0.25, 0.3) is 0 Å². The Labute approximate surface area is 97.9 Å². The number of carbonyl (C=O) groups is 1. The summed E-state index contributed by atoms with van der Waals surface area (Å²) >= 11 is 0. The molecule has 86 valence electrons. The lowest BCUT2D eigenvalue weighted by molar-refractivity contribution is 0.0952. The van der Waals surface area contributed by atoms with Gasteiger partial charge in [-0.25, -0.2) is 0 Å². The molecular formula is C15H20O. The van der Waals surface area contributed by atoms with Gasteiger partial charge in [-0.15, -0.1) is 0 Å². The van der Waals surface area contributed by atoms with E-state index in [0.717, 1.165) is 17.5 Å². The van der Waals surface area contributed by atoms with Crippen molar-refractivity contribution >= 4 is 5.78 Å². The molecule has 0 bridgehead atoms. The molecule has 16 heavy (non-hydrogen) atoms. The third-order valence-corrected chi connectivity index (χ3v) is 3.94. The Hall–Kier alpha value is -1.11. The molecule has 1 unspecified atom stereocenters. The Balaban J connectivity index is 2.35. The molecule has 0 N–H and O–H groups in total. The molecule has 0 aliphatic heterocycles. The average Bonchev–Trinajstić information content (AvgIpc) is 2.80. The van der Waals surface area contributed by atoms with E-state index in [1.165, 1.54) is 11.1 Å². The summed E-state index contributed by atoms with van der Waals surface area (Å²) in [6.07, 6.45) is 1.04. The normalized spacial score (nSPS) is 21.9. The largest absolute Gasteiger partial charge is 0.294 e. The Bertz CT molecular complexity index is 455. The highest BCUT2D eigenvalue weighted by Crippen LogP contribution is 2.53. The van der Waals surface area contributed by atoms with E-state index in [-0.39, 0.29) is 11.3 Å². The van der Waals surface area contributed by atoms with Gasteiger partial charge >= 0.3 is 0 Å². The van der Waals surface area contributed by atoms with E-state index in [4.69, 9.17) is 0 Å². The summed E-state index contributed by atoms with van der Waals surface area (Å²) in [6.45, 7) is 10.5. The number of hydrogen-bond acceptors (Lipinski definition) is 1. The second-order valence-electron chi connectivity index (χ2n) is 5.86.